The number of hydrogen-bond donors (Lipinski definition) is 2. The van der Waals surface area contributed by atoms with E-state index in [-0.39, 0.29) is 12.6 Å². The van der Waals surface area contributed by atoms with Crippen LogP contribution in [0.2, 0.25) is 4.34 Å². The molecule has 22 heavy (non-hydrogen) atoms. The summed E-state index contributed by atoms with van der Waals surface area (Å²) in [6.07, 6.45) is -0.328. The third-order valence-electron chi connectivity index (χ3n) is 2.88. The summed E-state index contributed by atoms with van der Waals surface area (Å²) in [6.45, 7) is 0.544. The van der Waals surface area contributed by atoms with E-state index in [1.54, 1.807) is 13.2 Å². The molecule has 2 rings (SSSR count). The number of amides is 2. The van der Waals surface area contributed by atoms with E-state index in [4.69, 9.17) is 16.3 Å². The third kappa shape index (κ3) is 4.81. The Hall–Kier alpha value is -1.41. The molecule has 118 valence electrons. The second-order valence-electron chi connectivity index (χ2n) is 4.39. The Balaban J connectivity index is 1.79. The van der Waals surface area contributed by atoms with Gasteiger partial charge >= 0.3 is 11.8 Å². The van der Waals surface area contributed by atoms with Gasteiger partial charge in [-0.2, -0.15) is 11.3 Å². The molecule has 0 aromatic carbocycles. The summed E-state index contributed by atoms with van der Waals surface area (Å²) < 4.78 is 5.96. The fraction of sp³-hybridized carbons (Fsp3) is 0.286. The van der Waals surface area contributed by atoms with E-state index in [2.05, 4.69) is 10.6 Å². The average Bonchev–Trinajstić information content (AvgIpc) is 3.17. The van der Waals surface area contributed by atoms with E-state index in [0.717, 1.165) is 10.4 Å². The van der Waals surface area contributed by atoms with Gasteiger partial charge in [-0.05, 0) is 34.5 Å². The molecule has 0 aliphatic rings. The molecule has 2 heterocycles. The zero-order chi connectivity index (χ0) is 15.9. The van der Waals surface area contributed by atoms with Crippen molar-refractivity contribution in [1.29, 1.82) is 0 Å². The lowest BCUT2D eigenvalue weighted by Gasteiger charge is -2.14. The molecule has 0 saturated heterocycles. The SMILES string of the molecule is COC(CNC(=O)C(=O)NCc1ccsc1)c1ccc(Cl)s1. The van der Waals surface area contributed by atoms with Gasteiger partial charge in [0.15, 0.2) is 0 Å². The van der Waals surface area contributed by atoms with Crippen molar-refractivity contribution in [2.75, 3.05) is 13.7 Å². The minimum Gasteiger partial charge on any atom is -0.374 e. The largest absolute Gasteiger partial charge is 0.374 e. The van der Waals surface area contributed by atoms with Gasteiger partial charge in [0, 0.05) is 25.1 Å². The zero-order valence-electron chi connectivity index (χ0n) is 11.8. The van der Waals surface area contributed by atoms with Crippen molar-refractivity contribution in [1.82, 2.24) is 10.6 Å². The molecule has 2 N–H and O–H groups in total. The molecule has 1 atom stereocenters. The number of nitrogens with one attached hydrogen (secondary N) is 2. The highest BCUT2D eigenvalue weighted by Crippen LogP contribution is 2.28. The Labute approximate surface area is 141 Å². The monoisotopic (exact) mass is 358 g/mol. The molecule has 2 aromatic rings. The lowest BCUT2D eigenvalue weighted by molar-refractivity contribution is -0.139. The Morgan fingerprint density at radius 3 is 2.64 bits per heavy atom. The molecule has 8 heteroatoms. The number of carbonyl (C=O) groups excluding carboxylic acids is 2. The van der Waals surface area contributed by atoms with Gasteiger partial charge in [-0.3, -0.25) is 9.59 Å². The summed E-state index contributed by atoms with van der Waals surface area (Å²) in [5.41, 5.74) is 0.967. The van der Waals surface area contributed by atoms with Crippen LogP contribution in [-0.4, -0.2) is 25.5 Å². The first kappa shape index (κ1) is 17.0. The molecule has 1 unspecified atom stereocenters. The summed E-state index contributed by atoms with van der Waals surface area (Å²) in [6, 6.07) is 5.50. The van der Waals surface area contributed by atoms with Gasteiger partial charge in [-0.1, -0.05) is 11.6 Å². The van der Waals surface area contributed by atoms with E-state index in [1.807, 2.05) is 22.9 Å². The molecule has 0 saturated carbocycles. The van der Waals surface area contributed by atoms with Crippen molar-refractivity contribution < 1.29 is 14.3 Å². The van der Waals surface area contributed by atoms with Crippen LogP contribution in [0.1, 0.15) is 16.5 Å². The van der Waals surface area contributed by atoms with Gasteiger partial charge in [-0.15, -0.1) is 11.3 Å². The summed E-state index contributed by atoms with van der Waals surface area (Å²) in [5, 5.41) is 8.96. The fourth-order valence-corrected chi connectivity index (χ4v) is 3.53. The summed E-state index contributed by atoms with van der Waals surface area (Å²) in [4.78, 5) is 24.4. The molecule has 0 fully saturated rings. The number of rotatable bonds is 6. The van der Waals surface area contributed by atoms with E-state index >= 15 is 0 Å². The Morgan fingerprint density at radius 1 is 1.27 bits per heavy atom. The third-order valence-corrected chi connectivity index (χ3v) is 4.94. The van der Waals surface area contributed by atoms with Crippen molar-refractivity contribution >= 4 is 46.1 Å². The Kier molecular flexibility index (Phi) is 6.38. The number of ether oxygens (including phenoxy) is 1. The van der Waals surface area contributed by atoms with Gasteiger partial charge in [0.05, 0.1) is 4.34 Å². The first-order valence-electron chi connectivity index (χ1n) is 6.45. The maximum absolute atomic E-state index is 11.8. The molecule has 0 aliphatic carbocycles. The highest BCUT2D eigenvalue weighted by atomic mass is 35.5. The maximum Gasteiger partial charge on any atom is 0.309 e. The molecule has 5 nitrogen and oxygen atoms in total. The quantitative estimate of drug-likeness (QED) is 0.780. The Morgan fingerprint density at radius 2 is 2.05 bits per heavy atom. The molecular weight excluding hydrogens is 344 g/mol. The molecule has 0 bridgehead atoms. The number of carbonyl (C=O) groups is 2. The predicted octanol–water partition coefficient (Wildman–Crippen LogP) is 2.58. The van der Waals surface area contributed by atoms with Crippen molar-refractivity contribution in [3.63, 3.8) is 0 Å². The van der Waals surface area contributed by atoms with E-state index in [0.29, 0.717) is 10.9 Å². The minimum absolute atomic E-state index is 0.206. The second kappa shape index (κ2) is 8.28. The van der Waals surface area contributed by atoms with E-state index < -0.39 is 11.8 Å². The summed E-state index contributed by atoms with van der Waals surface area (Å²) in [7, 11) is 1.54. The second-order valence-corrected chi connectivity index (χ2v) is 6.92. The maximum atomic E-state index is 11.8. The highest BCUT2D eigenvalue weighted by Gasteiger charge is 2.18. The van der Waals surface area contributed by atoms with Crippen LogP contribution in [0.4, 0.5) is 0 Å². The van der Waals surface area contributed by atoms with Crippen LogP contribution < -0.4 is 10.6 Å². The smallest absolute Gasteiger partial charge is 0.309 e. The average molecular weight is 359 g/mol. The summed E-state index contributed by atoms with van der Waals surface area (Å²) >= 11 is 8.79. The number of thiophene rings is 2. The highest BCUT2D eigenvalue weighted by molar-refractivity contribution is 7.16. The number of hydrogen-bond acceptors (Lipinski definition) is 5. The number of halogens is 1. The van der Waals surface area contributed by atoms with Gasteiger partial charge in [0.2, 0.25) is 0 Å². The van der Waals surface area contributed by atoms with Gasteiger partial charge in [0.25, 0.3) is 0 Å². The molecule has 2 aromatic heterocycles. The standard InChI is InChI=1S/C14H15ClN2O3S2/c1-20-10(11-2-3-12(15)22-11)7-17-14(19)13(18)16-6-9-4-5-21-8-9/h2-5,8,10H,6-7H2,1H3,(H,16,18)(H,17,19). The topological polar surface area (TPSA) is 67.4 Å². The first-order chi connectivity index (χ1) is 10.6. The van der Waals surface area contributed by atoms with Gasteiger partial charge < -0.3 is 15.4 Å². The molecule has 0 radical (unpaired) electrons. The zero-order valence-corrected chi connectivity index (χ0v) is 14.2. The fourth-order valence-electron chi connectivity index (χ4n) is 1.72. The molecule has 0 aliphatic heterocycles. The lowest BCUT2D eigenvalue weighted by atomic mass is 10.3. The van der Waals surface area contributed by atoms with Crippen LogP contribution in [0.25, 0.3) is 0 Å². The van der Waals surface area contributed by atoms with E-state index in [9.17, 15) is 9.59 Å². The Bertz CT molecular complexity index is 628. The van der Waals surface area contributed by atoms with Crippen LogP contribution in [0.15, 0.2) is 29.0 Å². The summed E-state index contributed by atoms with van der Waals surface area (Å²) in [5.74, 6) is -1.34. The predicted molar refractivity (Wildman–Crippen MR) is 88.3 cm³/mol. The molecule has 2 amide bonds. The normalized spacial score (nSPS) is 11.9. The lowest BCUT2D eigenvalue weighted by Crippen LogP contribution is -2.41. The van der Waals surface area contributed by atoms with Gasteiger partial charge in [-0.25, -0.2) is 0 Å². The molecule has 0 spiro atoms. The van der Waals surface area contributed by atoms with Crippen molar-refractivity contribution in [2.24, 2.45) is 0 Å². The van der Waals surface area contributed by atoms with Crippen molar-refractivity contribution in [2.45, 2.75) is 12.6 Å². The molecular formula is C14H15ClN2O3S2. The van der Waals surface area contributed by atoms with Crippen LogP contribution in [0.3, 0.4) is 0 Å². The number of methoxy groups -OCH3 is 1. The van der Waals surface area contributed by atoms with Crippen LogP contribution in [-0.2, 0) is 20.9 Å². The van der Waals surface area contributed by atoms with Crippen molar-refractivity contribution in [3.05, 3.63) is 43.7 Å². The van der Waals surface area contributed by atoms with Crippen LogP contribution in [0, 0.1) is 0 Å². The first-order valence-corrected chi connectivity index (χ1v) is 8.59. The van der Waals surface area contributed by atoms with Crippen LogP contribution >= 0.6 is 34.3 Å². The minimum atomic E-state index is -0.681. The van der Waals surface area contributed by atoms with Gasteiger partial charge in [0.1, 0.15) is 6.10 Å². The van der Waals surface area contributed by atoms with E-state index in [1.165, 1.54) is 22.7 Å². The van der Waals surface area contributed by atoms with Crippen LogP contribution in [0.5, 0.6) is 0 Å². The van der Waals surface area contributed by atoms with Crippen molar-refractivity contribution in [3.8, 4) is 0 Å².